The zero-order valence-corrected chi connectivity index (χ0v) is 25.5. The molecule has 4 aliphatic rings. The number of carbonyl (C=O) groups is 4. The van der Waals surface area contributed by atoms with Crippen molar-refractivity contribution in [2.45, 2.75) is 50.7 Å². The largest absolute Gasteiger partial charge is 0.493 e. The van der Waals surface area contributed by atoms with Crippen LogP contribution in [0.3, 0.4) is 0 Å². The monoisotopic (exact) mass is 615 g/mol. The Morgan fingerprint density at radius 2 is 1.82 bits per heavy atom. The van der Waals surface area contributed by atoms with Gasteiger partial charge in [-0.05, 0) is 67.3 Å². The lowest BCUT2D eigenvalue weighted by Gasteiger charge is -2.38. The zero-order valence-electron chi connectivity index (χ0n) is 24.7. The molecule has 230 valence electrons. The first kappa shape index (κ1) is 28.8. The van der Waals surface area contributed by atoms with Crippen molar-refractivity contribution in [3.05, 3.63) is 59.0 Å². The summed E-state index contributed by atoms with van der Waals surface area (Å²) in [6, 6.07) is 13.3. The fourth-order valence-electron chi connectivity index (χ4n) is 7.12. The lowest BCUT2D eigenvalue weighted by Crippen LogP contribution is -2.53. The Morgan fingerprint density at radius 1 is 0.977 bits per heavy atom. The standard InChI is InChI=1S/C33H37N5O5S/c39-29-11-10-26(31(40)34-29)38-21-24-23(32(38)41)6-2-9-28(24)43-19-4-14-35-13-3-8-27(35)33(42)37-17-15-36(16-18-37)25-7-1-5-22-12-20-44-30(22)25/h1-2,5-7,9,12,20,26-27H,3-4,8,10-11,13-19,21H2,(H,34,39,40). The second-order valence-electron chi connectivity index (χ2n) is 12.0. The van der Waals surface area contributed by atoms with Gasteiger partial charge in [0.25, 0.3) is 5.91 Å². The first-order valence-corrected chi connectivity index (χ1v) is 16.5. The van der Waals surface area contributed by atoms with Gasteiger partial charge in [0.1, 0.15) is 11.8 Å². The van der Waals surface area contributed by atoms with Crippen LogP contribution in [-0.4, -0.2) is 96.3 Å². The van der Waals surface area contributed by atoms with Gasteiger partial charge in [0.2, 0.25) is 17.7 Å². The lowest BCUT2D eigenvalue weighted by molar-refractivity contribution is -0.137. The molecule has 2 aromatic carbocycles. The molecule has 3 saturated heterocycles. The number of carbonyl (C=O) groups excluding carboxylic acids is 4. The quantitative estimate of drug-likeness (QED) is 0.307. The SMILES string of the molecule is O=C1CCC(N2Cc3c(OCCCN4CCCC4C(=O)N4CCN(c5cccc6ccsc56)CC4)cccc3C2=O)C(=O)N1. The third-order valence-electron chi connectivity index (χ3n) is 9.43. The van der Waals surface area contributed by atoms with Crippen molar-refractivity contribution in [3.63, 3.8) is 0 Å². The zero-order chi connectivity index (χ0) is 30.2. The average molecular weight is 616 g/mol. The predicted octanol–water partition coefficient (Wildman–Crippen LogP) is 3.24. The van der Waals surface area contributed by atoms with Crippen molar-refractivity contribution < 1.29 is 23.9 Å². The number of amides is 4. The molecule has 0 spiro atoms. The summed E-state index contributed by atoms with van der Waals surface area (Å²) in [5, 5.41) is 5.76. The number of benzene rings is 2. The number of ether oxygens (including phenoxy) is 1. The Kier molecular flexibility index (Phi) is 7.98. The summed E-state index contributed by atoms with van der Waals surface area (Å²) < 4.78 is 7.48. The van der Waals surface area contributed by atoms with Crippen molar-refractivity contribution in [2.24, 2.45) is 0 Å². The van der Waals surface area contributed by atoms with Gasteiger partial charge in [0.15, 0.2) is 0 Å². The highest BCUT2D eigenvalue weighted by molar-refractivity contribution is 7.17. The molecule has 11 heteroatoms. The van der Waals surface area contributed by atoms with Crippen LogP contribution in [0.15, 0.2) is 47.8 Å². The molecular formula is C33H37N5O5S. The number of anilines is 1. The van der Waals surface area contributed by atoms with Gasteiger partial charge >= 0.3 is 0 Å². The average Bonchev–Trinajstić information content (AvgIpc) is 3.79. The van der Waals surface area contributed by atoms with Crippen molar-refractivity contribution in [3.8, 4) is 5.75 Å². The van der Waals surface area contributed by atoms with E-state index in [1.54, 1.807) is 28.4 Å². The molecule has 1 aromatic heterocycles. The van der Waals surface area contributed by atoms with Gasteiger partial charge in [-0.25, -0.2) is 0 Å². The summed E-state index contributed by atoms with van der Waals surface area (Å²) in [4.78, 5) is 59.0. The van der Waals surface area contributed by atoms with Gasteiger partial charge < -0.3 is 19.4 Å². The van der Waals surface area contributed by atoms with E-state index in [0.29, 0.717) is 24.3 Å². The minimum absolute atomic E-state index is 0.0806. The summed E-state index contributed by atoms with van der Waals surface area (Å²) in [5.74, 6) is -0.0341. The van der Waals surface area contributed by atoms with Gasteiger partial charge in [-0.15, -0.1) is 11.3 Å². The number of likely N-dealkylation sites (tertiary alicyclic amines) is 1. The molecule has 2 atom stereocenters. The molecule has 2 unspecified atom stereocenters. The van der Waals surface area contributed by atoms with Crippen LogP contribution in [-0.2, 0) is 20.9 Å². The van der Waals surface area contributed by atoms with Gasteiger partial charge in [0, 0.05) is 50.3 Å². The number of hydrogen-bond donors (Lipinski definition) is 1. The van der Waals surface area contributed by atoms with Crippen molar-refractivity contribution >= 4 is 50.7 Å². The maximum absolute atomic E-state index is 13.6. The number of piperidine rings is 1. The smallest absolute Gasteiger partial charge is 0.255 e. The third kappa shape index (κ3) is 5.43. The van der Waals surface area contributed by atoms with E-state index >= 15 is 0 Å². The fourth-order valence-corrected chi connectivity index (χ4v) is 8.06. The number of thiophene rings is 1. The maximum Gasteiger partial charge on any atom is 0.255 e. The molecule has 5 heterocycles. The number of rotatable bonds is 8. The first-order chi connectivity index (χ1) is 21.5. The normalized spacial score (nSPS) is 22.5. The van der Waals surface area contributed by atoms with E-state index in [1.807, 2.05) is 11.0 Å². The van der Waals surface area contributed by atoms with Crippen molar-refractivity contribution in [2.75, 3.05) is 50.8 Å². The molecule has 0 aliphatic carbocycles. The predicted molar refractivity (Wildman–Crippen MR) is 168 cm³/mol. The van der Waals surface area contributed by atoms with Gasteiger partial charge in [-0.3, -0.25) is 29.4 Å². The second-order valence-corrected chi connectivity index (χ2v) is 12.9. The molecule has 0 saturated carbocycles. The topological polar surface area (TPSA) is 102 Å². The summed E-state index contributed by atoms with van der Waals surface area (Å²) in [6.07, 6.45) is 3.22. The molecule has 4 amide bonds. The Morgan fingerprint density at radius 3 is 2.66 bits per heavy atom. The Labute approximate surface area is 260 Å². The Hall–Kier alpha value is -3.96. The van der Waals surface area contributed by atoms with Crippen LogP contribution in [0.1, 0.15) is 48.0 Å². The van der Waals surface area contributed by atoms with Crippen LogP contribution in [0.2, 0.25) is 0 Å². The molecule has 7 rings (SSSR count). The summed E-state index contributed by atoms with van der Waals surface area (Å²) in [5.41, 5.74) is 2.60. The van der Waals surface area contributed by atoms with Crippen molar-refractivity contribution in [1.29, 1.82) is 0 Å². The van der Waals surface area contributed by atoms with E-state index in [4.69, 9.17) is 4.74 Å². The van der Waals surface area contributed by atoms with Crippen molar-refractivity contribution in [1.82, 2.24) is 20.0 Å². The summed E-state index contributed by atoms with van der Waals surface area (Å²) in [7, 11) is 0. The molecular weight excluding hydrogens is 578 g/mol. The number of nitrogens with one attached hydrogen (secondary N) is 1. The molecule has 0 radical (unpaired) electrons. The molecule has 1 N–H and O–H groups in total. The van der Waals surface area contributed by atoms with E-state index in [0.717, 1.165) is 64.1 Å². The van der Waals surface area contributed by atoms with Crippen LogP contribution >= 0.6 is 11.3 Å². The minimum Gasteiger partial charge on any atom is -0.493 e. The number of hydrogen-bond acceptors (Lipinski definition) is 8. The van der Waals surface area contributed by atoms with E-state index in [2.05, 4.69) is 44.8 Å². The number of nitrogens with zero attached hydrogens (tertiary/aromatic N) is 4. The third-order valence-corrected chi connectivity index (χ3v) is 10.4. The highest BCUT2D eigenvalue weighted by Crippen LogP contribution is 2.34. The highest BCUT2D eigenvalue weighted by Gasteiger charge is 2.40. The molecule has 44 heavy (non-hydrogen) atoms. The number of fused-ring (bicyclic) bond motifs is 2. The van der Waals surface area contributed by atoms with Crippen LogP contribution in [0, 0.1) is 0 Å². The van der Waals surface area contributed by atoms with Gasteiger partial charge in [0.05, 0.1) is 29.6 Å². The summed E-state index contributed by atoms with van der Waals surface area (Å²) in [6.45, 7) is 5.59. The van der Waals surface area contributed by atoms with E-state index in [1.165, 1.54) is 15.8 Å². The number of piperazine rings is 1. The molecule has 0 bridgehead atoms. The molecule has 4 aliphatic heterocycles. The van der Waals surface area contributed by atoms with Crippen LogP contribution in [0.4, 0.5) is 5.69 Å². The summed E-state index contributed by atoms with van der Waals surface area (Å²) >= 11 is 1.77. The van der Waals surface area contributed by atoms with Crippen LogP contribution in [0.5, 0.6) is 5.75 Å². The van der Waals surface area contributed by atoms with Crippen LogP contribution in [0.25, 0.3) is 10.1 Å². The van der Waals surface area contributed by atoms with E-state index in [-0.39, 0.29) is 36.7 Å². The maximum atomic E-state index is 13.6. The number of imide groups is 1. The molecule has 3 aromatic rings. The van der Waals surface area contributed by atoms with E-state index < -0.39 is 11.9 Å². The van der Waals surface area contributed by atoms with Gasteiger partial charge in [-0.2, -0.15) is 0 Å². The minimum atomic E-state index is -0.650. The Balaban J connectivity index is 0.907. The van der Waals surface area contributed by atoms with E-state index in [9.17, 15) is 19.2 Å². The fraction of sp³-hybridized carbons (Fsp3) is 0.455. The molecule has 3 fully saturated rings. The molecule has 10 nitrogen and oxygen atoms in total. The lowest BCUT2D eigenvalue weighted by atomic mass is 10.0. The van der Waals surface area contributed by atoms with Gasteiger partial charge in [-0.1, -0.05) is 18.2 Å². The second kappa shape index (κ2) is 12.2. The highest BCUT2D eigenvalue weighted by atomic mass is 32.1. The van der Waals surface area contributed by atoms with Crippen LogP contribution < -0.4 is 15.0 Å². The first-order valence-electron chi connectivity index (χ1n) is 15.6. The Bertz CT molecular complexity index is 1600.